The predicted octanol–water partition coefficient (Wildman–Crippen LogP) is 14.6. The lowest BCUT2D eigenvalue weighted by atomic mass is 9.80. The van der Waals surface area contributed by atoms with E-state index in [4.69, 9.17) is 4.74 Å². The fraction of sp³-hybridized carbons (Fsp3) is 0.0943. The Hall–Kier alpha value is -6.64. The molecule has 11 rings (SSSR count). The van der Waals surface area contributed by atoms with Gasteiger partial charge in [0.1, 0.15) is 0 Å². The van der Waals surface area contributed by atoms with Crippen LogP contribution >= 0.6 is 0 Å². The molecule has 9 aromatic rings. The molecule has 0 amide bonds. The Labute approximate surface area is 321 Å². The molecule has 262 valence electrons. The van der Waals surface area contributed by atoms with E-state index in [0.717, 1.165) is 28.4 Å². The zero-order chi connectivity index (χ0) is 37.0. The number of aryl methyl sites for hydroxylation is 1. The van der Waals surface area contributed by atoms with Crippen molar-refractivity contribution in [2.24, 2.45) is 0 Å². The first-order chi connectivity index (χ1) is 26.8. The molecule has 9 aromatic carbocycles. The van der Waals surface area contributed by atoms with Crippen LogP contribution in [0.25, 0.3) is 76.8 Å². The number of anilines is 2. The maximum Gasteiger partial charge on any atom is 0.154 e. The minimum atomic E-state index is -0.0991. The molecule has 0 N–H and O–H groups in total. The summed E-state index contributed by atoms with van der Waals surface area (Å²) in [4.78, 5) is 2.27. The summed E-state index contributed by atoms with van der Waals surface area (Å²) in [6, 6.07) is 60.7. The maximum atomic E-state index is 6.55. The number of hydrogen-bond acceptors (Lipinski definition) is 2. The Bertz CT molecular complexity index is 3080. The van der Waals surface area contributed by atoms with E-state index in [2.05, 4.69) is 197 Å². The minimum absolute atomic E-state index is 0.0991. The fourth-order valence-electron chi connectivity index (χ4n) is 9.50. The van der Waals surface area contributed by atoms with E-state index >= 15 is 0 Å². The van der Waals surface area contributed by atoms with Gasteiger partial charge in [-0.3, -0.25) is 0 Å². The summed E-state index contributed by atoms with van der Waals surface area (Å²) >= 11 is 0. The normalized spacial score (nSPS) is 13.7. The second kappa shape index (κ2) is 11.7. The quantitative estimate of drug-likeness (QED) is 0.170. The first-order valence-electron chi connectivity index (χ1n) is 19.2. The second-order valence-electron chi connectivity index (χ2n) is 15.8. The molecule has 0 saturated heterocycles. The maximum absolute atomic E-state index is 6.55. The van der Waals surface area contributed by atoms with Crippen LogP contribution < -0.4 is 9.64 Å². The van der Waals surface area contributed by atoms with Gasteiger partial charge in [0.15, 0.2) is 11.5 Å². The van der Waals surface area contributed by atoms with Gasteiger partial charge >= 0.3 is 0 Å². The molecule has 0 spiro atoms. The molecule has 0 saturated carbocycles. The molecule has 0 unspecified atom stereocenters. The predicted molar refractivity (Wildman–Crippen MR) is 232 cm³/mol. The number of nitrogens with zero attached hydrogens (tertiary/aromatic N) is 1. The van der Waals surface area contributed by atoms with Crippen LogP contribution in [0.3, 0.4) is 0 Å². The van der Waals surface area contributed by atoms with E-state index in [1.54, 1.807) is 0 Å². The molecule has 1 aliphatic carbocycles. The van der Waals surface area contributed by atoms with Crippen molar-refractivity contribution >= 4 is 43.7 Å². The Kier molecular flexibility index (Phi) is 6.76. The molecule has 0 fully saturated rings. The van der Waals surface area contributed by atoms with Crippen molar-refractivity contribution in [2.45, 2.75) is 26.2 Å². The molecular weight excluding hydrogens is 667 g/mol. The number of ether oxygens (including phenoxy) is 1. The smallest absolute Gasteiger partial charge is 0.154 e. The Morgan fingerprint density at radius 2 is 1.09 bits per heavy atom. The van der Waals surface area contributed by atoms with Crippen LogP contribution in [0.5, 0.6) is 11.5 Å². The number of hydrogen-bond donors (Lipinski definition) is 0. The third-order valence-corrected chi connectivity index (χ3v) is 12.4. The van der Waals surface area contributed by atoms with Gasteiger partial charge in [-0.05, 0) is 137 Å². The van der Waals surface area contributed by atoms with E-state index in [9.17, 15) is 0 Å². The molecule has 1 aliphatic heterocycles. The molecule has 2 nitrogen and oxygen atoms in total. The van der Waals surface area contributed by atoms with Crippen LogP contribution in [-0.4, -0.2) is 7.05 Å². The summed E-state index contributed by atoms with van der Waals surface area (Å²) < 4.78 is 6.55. The molecular formula is C53H39NO. The molecule has 55 heavy (non-hydrogen) atoms. The van der Waals surface area contributed by atoms with Gasteiger partial charge in [-0.1, -0.05) is 141 Å². The fourth-order valence-corrected chi connectivity index (χ4v) is 9.50. The highest BCUT2D eigenvalue weighted by atomic mass is 16.5. The highest BCUT2D eigenvalue weighted by Gasteiger charge is 2.35. The van der Waals surface area contributed by atoms with Gasteiger partial charge in [-0.25, -0.2) is 0 Å². The molecule has 0 aromatic heterocycles. The average Bonchev–Trinajstić information content (AvgIpc) is 3.45. The third-order valence-electron chi connectivity index (χ3n) is 12.4. The van der Waals surface area contributed by atoms with Gasteiger partial charge < -0.3 is 9.64 Å². The molecule has 2 heteroatoms. The van der Waals surface area contributed by atoms with Crippen molar-refractivity contribution in [3.63, 3.8) is 0 Å². The highest BCUT2D eigenvalue weighted by molar-refractivity contribution is 6.22. The number of benzene rings is 9. The largest absolute Gasteiger partial charge is 0.453 e. The molecule has 0 atom stereocenters. The van der Waals surface area contributed by atoms with Gasteiger partial charge in [0, 0.05) is 12.5 Å². The lowest BCUT2D eigenvalue weighted by Gasteiger charge is -2.31. The monoisotopic (exact) mass is 705 g/mol. The zero-order valence-electron chi connectivity index (χ0n) is 31.4. The van der Waals surface area contributed by atoms with Crippen molar-refractivity contribution in [2.75, 3.05) is 11.9 Å². The molecule has 1 heterocycles. The van der Waals surface area contributed by atoms with Crippen molar-refractivity contribution in [1.29, 1.82) is 0 Å². The number of para-hydroxylation sites is 1. The molecule has 0 bridgehead atoms. The highest BCUT2D eigenvalue weighted by Crippen LogP contribution is 2.53. The van der Waals surface area contributed by atoms with Crippen LogP contribution in [0, 0.1) is 6.92 Å². The van der Waals surface area contributed by atoms with Crippen molar-refractivity contribution in [3.05, 3.63) is 180 Å². The summed E-state index contributed by atoms with van der Waals surface area (Å²) in [7, 11) is 2.15. The standard InChI is InChI=1S/C53H39NO/c1-32-12-11-19-47-52(32)55-49-27-24-38(31-48(49)54(47)4)50-41-16-7-8-17-42(41)51(37-23-25-40-39-15-9-10-18-45(39)53(2,3)46(40)30-37)44-29-36(22-26-43(44)50)35-21-20-33-13-5-6-14-34(33)28-35/h5-31H,1-4H3. The molecule has 0 radical (unpaired) electrons. The van der Waals surface area contributed by atoms with Crippen LogP contribution in [0.1, 0.15) is 30.5 Å². The third kappa shape index (κ3) is 4.68. The van der Waals surface area contributed by atoms with E-state index in [1.165, 1.54) is 88.0 Å². The van der Waals surface area contributed by atoms with Crippen LogP contribution in [0.15, 0.2) is 164 Å². The Balaban J connectivity index is 1.18. The van der Waals surface area contributed by atoms with Crippen molar-refractivity contribution < 1.29 is 4.74 Å². The van der Waals surface area contributed by atoms with Gasteiger partial charge in [-0.15, -0.1) is 0 Å². The summed E-state index contributed by atoms with van der Waals surface area (Å²) in [6.07, 6.45) is 0. The average molecular weight is 706 g/mol. The minimum Gasteiger partial charge on any atom is -0.453 e. The first kappa shape index (κ1) is 31.8. The van der Waals surface area contributed by atoms with Gasteiger partial charge in [0.05, 0.1) is 11.4 Å². The van der Waals surface area contributed by atoms with E-state index in [-0.39, 0.29) is 5.41 Å². The Morgan fingerprint density at radius 1 is 0.455 bits per heavy atom. The van der Waals surface area contributed by atoms with Gasteiger partial charge in [0.25, 0.3) is 0 Å². The van der Waals surface area contributed by atoms with E-state index in [0.29, 0.717) is 0 Å². The summed E-state index contributed by atoms with van der Waals surface area (Å²) in [5, 5.41) is 7.46. The Morgan fingerprint density at radius 3 is 1.95 bits per heavy atom. The van der Waals surface area contributed by atoms with Crippen LogP contribution in [0.4, 0.5) is 11.4 Å². The van der Waals surface area contributed by atoms with Gasteiger partial charge in [0.2, 0.25) is 0 Å². The number of fused-ring (bicyclic) bond motifs is 8. The van der Waals surface area contributed by atoms with E-state index < -0.39 is 0 Å². The van der Waals surface area contributed by atoms with Crippen molar-refractivity contribution in [1.82, 2.24) is 0 Å². The second-order valence-corrected chi connectivity index (χ2v) is 15.8. The molecule has 2 aliphatic rings. The number of rotatable bonds is 3. The van der Waals surface area contributed by atoms with E-state index in [1.807, 2.05) is 0 Å². The summed E-state index contributed by atoms with van der Waals surface area (Å²) in [5.74, 6) is 1.80. The van der Waals surface area contributed by atoms with Crippen LogP contribution in [0.2, 0.25) is 0 Å². The topological polar surface area (TPSA) is 12.5 Å². The summed E-state index contributed by atoms with van der Waals surface area (Å²) in [5.41, 5.74) is 16.0. The summed E-state index contributed by atoms with van der Waals surface area (Å²) in [6.45, 7) is 6.85. The zero-order valence-corrected chi connectivity index (χ0v) is 31.4. The first-order valence-corrected chi connectivity index (χ1v) is 19.2. The van der Waals surface area contributed by atoms with Crippen LogP contribution in [-0.2, 0) is 5.41 Å². The van der Waals surface area contributed by atoms with Crippen molar-refractivity contribution in [3.8, 4) is 56.0 Å². The SMILES string of the molecule is Cc1cccc2c1Oc1ccc(-c3c4ccccc4c(-c4ccc5c(c4)C(C)(C)c4ccccc4-5)c4cc(-c5ccc6ccccc6c5)ccc34)cc1N2C. The van der Waals surface area contributed by atoms with Gasteiger partial charge in [-0.2, -0.15) is 0 Å². The lowest BCUT2D eigenvalue weighted by molar-refractivity contribution is 0.472. The lowest BCUT2D eigenvalue weighted by Crippen LogP contribution is -2.16.